The molecular weight excluding hydrogens is 318 g/mol. The van der Waals surface area contributed by atoms with Gasteiger partial charge in [0.1, 0.15) is 0 Å². The van der Waals surface area contributed by atoms with Crippen molar-refractivity contribution in [3.8, 4) is 0 Å². The molecule has 0 radical (unpaired) electrons. The molecule has 3 N–H and O–H groups in total. The topological polar surface area (TPSA) is 108 Å². The molecular formula is C15H19N3O4S. The number of carbonyl (C=O) groups excluding carboxylic acids is 1. The highest BCUT2D eigenvalue weighted by Crippen LogP contribution is 2.14. The molecule has 8 heteroatoms. The Hall–Kier alpha value is -2.19. The van der Waals surface area contributed by atoms with Gasteiger partial charge in [0.25, 0.3) is 5.91 Å². The van der Waals surface area contributed by atoms with Crippen LogP contribution in [0.25, 0.3) is 10.9 Å². The van der Waals surface area contributed by atoms with Gasteiger partial charge in [0.2, 0.25) is 15.6 Å². The van der Waals surface area contributed by atoms with Crippen LogP contribution in [0.5, 0.6) is 0 Å². The Bertz CT molecular complexity index is 872. The van der Waals surface area contributed by atoms with E-state index < -0.39 is 15.9 Å². The molecule has 0 atom stereocenters. The van der Waals surface area contributed by atoms with Gasteiger partial charge in [0.05, 0.1) is 11.3 Å². The molecule has 0 saturated heterocycles. The Morgan fingerprint density at radius 1 is 1.26 bits per heavy atom. The lowest BCUT2D eigenvalue weighted by Crippen LogP contribution is -2.37. The van der Waals surface area contributed by atoms with Crippen LogP contribution in [-0.2, 0) is 10.0 Å². The van der Waals surface area contributed by atoms with Crippen LogP contribution in [0.3, 0.4) is 0 Å². The summed E-state index contributed by atoms with van der Waals surface area (Å²) in [5.74, 6) is -0.704. The van der Waals surface area contributed by atoms with Crippen LogP contribution in [0.1, 0.15) is 24.2 Å². The first-order valence-corrected chi connectivity index (χ1v) is 8.84. The zero-order valence-corrected chi connectivity index (χ0v) is 13.7. The van der Waals surface area contributed by atoms with E-state index in [1.54, 1.807) is 38.1 Å². The smallest absolute Gasteiger partial charge is 0.252 e. The fraction of sp³-hybridized carbons (Fsp3) is 0.333. The molecule has 0 spiro atoms. The van der Waals surface area contributed by atoms with Crippen molar-refractivity contribution in [2.75, 3.05) is 12.3 Å². The zero-order chi connectivity index (χ0) is 17.0. The largest absolute Gasteiger partial charge is 0.351 e. The lowest BCUT2D eigenvalue weighted by Gasteiger charge is -2.10. The van der Waals surface area contributed by atoms with E-state index in [-0.39, 0.29) is 29.5 Å². The van der Waals surface area contributed by atoms with Gasteiger partial charge in [-0.05, 0) is 19.9 Å². The summed E-state index contributed by atoms with van der Waals surface area (Å²) in [6.45, 7) is 3.40. The van der Waals surface area contributed by atoms with Gasteiger partial charge in [0, 0.05) is 29.6 Å². The summed E-state index contributed by atoms with van der Waals surface area (Å²) < 4.78 is 25.9. The molecule has 124 valence electrons. The van der Waals surface area contributed by atoms with Gasteiger partial charge in [-0.3, -0.25) is 9.59 Å². The first-order chi connectivity index (χ1) is 10.8. The standard InChI is InChI=1S/C15H19N3O4S/c1-10(2)18-23(21,22)8-7-16-15(20)12-9-14(19)17-13-6-4-3-5-11(12)13/h3-6,9-10,18H,7-8H2,1-2H3,(H,16,20)(H,17,19). The second kappa shape index (κ2) is 6.93. The number of hydrogen-bond donors (Lipinski definition) is 3. The van der Waals surface area contributed by atoms with Crippen LogP contribution in [0.15, 0.2) is 35.1 Å². The van der Waals surface area contributed by atoms with Gasteiger partial charge in [-0.15, -0.1) is 0 Å². The third-order valence-corrected chi connectivity index (χ3v) is 4.64. The van der Waals surface area contributed by atoms with Crippen molar-refractivity contribution in [2.24, 2.45) is 0 Å². The summed E-state index contributed by atoms with van der Waals surface area (Å²) >= 11 is 0. The molecule has 0 aliphatic rings. The summed E-state index contributed by atoms with van der Waals surface area (Å²) in [5.41, 5.74) is 0.390. The Kier molecular flexibility index (Phi) is 5.17. The van der Waals surface area contributed by atoms with Crippen LogP contribution in [-0.4, -0.2) is 37.6 Å². The number of sulfonamides is 1. The number of carbonyl (C=O) groups is 1. The van der Waals surface area contributed by atoms with E-state index in [0.717, 1.165) is 0 Å². The molecule has 0 bridgehead atoms. The molecule has 23 heavy (non-hydrogen) atoms. The number of rotatable bonds is 6. The second-order valence-corrected chi connectivity index (χ2v) is 7.31. The summed E-state index contributed by atoms with van der Waals surface area (Å²) in [6, 6.07) is 7.94. The van der Waals surface area contributed by atoms with E-state index in [4.69, 9.17) is 0 Å². The summed E-state index contributed by atoms with van der Waals surface area (Å²) in [6.07, 6.45) is 0. The Morgan fingerprint density at radius 2 is 1.96 bits per heavy atom. The normalized spacial score (nSPS) is 11.8. The lowest BCUT2D eigenvalue weighted by molar-refractivity contribution is 0.0957. The minimum atomic E-state index is -3.44. The van der Waals surface area contributed by atoms with Crippen LogP contribution in [0.4, 0.5) is 0 Å². The van der Waals surface area contributed by atoms with E-state index >= 15 is 0 Å². The molecule has 0 aliphatic carbocycles. The minimum absolute atomic E-state index is 0.0397. The quantitative estimate of drug-likeness (QED) is 0.717. The van der Waals surface area contributed by atoms with Gasteiger partial charge < -0.3 is 10.3 Å². The molecule has 1 amide bonds. The van der Waals surface area contributed by atoms with Crippen molar-refractivity contribution >= 4 is 26.8 Å². The number of benzene rings is 1. The molecule has 7 nitrogen and oxygen atoms in total. The van der Waals surface area contributed by atoms with Crippen molar-refractivity contribution in [2.45, 2.75) is 19.9 Å². The van der Waals surface area contributed by atoms with Crippen molar-refractivity contribution in [3.05, 3.63) is 46.2 Å². The Morgan fingerprint density at radius 3 is 2.65 bits per heavy atom. The number of aromatic nitrogens is 1. The predicted molar refractivity (Wildman–Crippen MR) is 89.0 cm³/mol. The van der Waals surface area contributed by atoms with Crippen LogP contribution in [0.2, 0.25) is 0 Å². The molecule has 0 aliphatic heterocycles. The monoisotopic (exact) mass is 337 g/mol. The summed E-state index contributed by atoms with van der Waals surface area (Å²) in [5, 5.41) is 3.14. The highest BCUT2D eigenvalue weighted by Gasteiger charge is 2.14. The number of H-pyrrole nitrogens is 1. The zero-order valence-electron chi connectivity index (χ0n) is 12.9. The van der Waals surface area contributed by atoms with Gasteiger partial charge >= 0.3 is 0 Å². The number of pyridine rings is 1. The van der Waals surface area contributed by atoms with E-state index in [9.17, 15) is 18.0 Å². The van der Waals surface area contributed by atoms with E-state index in [2.05, 4.69) is 15.0 Å². The van der Waals surface area contributed by atoms with Crippen LogP contribution >= 0.6 is 0 Å². The molecule has 0 unspecified atom stereocenters. The third kappa shape index (κ3) is 4.64. The maximum Gasteiger partial charge on any atom is 0.252 e. The van der Waals surface area contributed by atoms with Gasteiger partial charge in [-0.2, -0.15) is 0 Å². The number of para-hydroxylation sites is 1. The van der Waals surface area contributed by atoms with Gasteiger partial charge in [0.15, 0.2) is 0 Å². The lowest BCUT2D eigenvalue weighted by atomic mass is 10.1. The maximum absolute atomic E-state index is 12.2. The average Bonchev–Trinajstić information content (AvgIpc) is 2.44. The summed E-state index contributed by atoms with van der Waals surface area (Å²) in [7, 11) is -3.44. The molecule has 1 aromatic heterocycles. The molecule has 0 fully saturated rings. The number of aromatic amines is 1. The van der Waals surface area contributed by atoms with Crippen molar-refractivity contribution in [1.29, 1.82) is 0 Å². The molecule has 2 aromatic rings. The molecule has 1 heterocycles. The maximum atomic E-state index is 12.2. The highest BCUT2D eigenvalue weighted by molar-refractivity contribution is 7.89. The van der Waals surface area contributed by atoms with Crippen molar-refractivity contribution in [3.63, 3.8) is 0 Å². The van der Waals surface area contributed by atoms with E-state index in [1.165, 1.54) is 6.07 Å². The van der Waals surface area contributed by atoms with Crippen LogP contribution in [0, 0.1) is 0 Å². The highest BCUT2D eigenvalue weighted by atomic mass is 32.2. The SMILES string of the molecule is CC(C)NS(=O)(=O)CCNC(=O)c1cc(=O)[nH]c2ccccc12. The average molecular weight is 337 g/mol. The Balaban J connectivity index is 2.12. The first-order valence-electron chi connectivity index (χ1n) is 7.19. The fourth-order valence-electron chi connectivity index (χ4n) is 2.20. The predicted octanol–water partition coefficient (Wildman–Crippen LogP) is 0.586. The second-order valence-electron chi connectivity index (χ2n) is 5.44. The molecule has 0 saturated carbocycles. The minimum Gasteiger partial charge on any atom is -0.351 e. The number of hydrogen-bond acceptors (Lipinski definition) is 4. The Labute approximate surface area is 134 Å². The number of amides is 1. The van der Waals surface area contributed by atoms with Crippen molar-refractivity contribution in [1.82, 2.24) is 15.0 Å². The van der Waals surface area contributed by atoms with Crippen LogP contribution < -0.4 is 15.6 Å². The molecule has 1 aromatic carbocycles. The van der Waals surface area contributed by atoms with E-state index in [1.807, 2.05) is 0 Å². The van der Waals surface area contributed by atoms with Crippen molar-refractivity contribution < 1.29 is 13.2 Å². The molecule has 2 rings (SSSR count). The number of fused-ring (bicyclic) bond motifs is 1. The third-order valence-electron chi connectivity index (χ3n) is 3.07. The number of nitrogens with one attached hydrogen (secondary N) is 3. The first kappa shape index (κ1) is 17.2. The van der Waals surface area contributed by atoms with Gasteiger partial charge in [-0.1, -0.05) is 18.2 Å². The van der Waals surface area contributed by atoms with Gasteiger partial charge in [-0.25, -0.2) is 13.1 Å². The fourth-order valence-corrected chi connectivity index (χ4v) is 3.41. The van der Waals surface area contributed by atoms with E-state index in [0.29, 0.717) is 10.9 Å². The summed E-state index contributed by atoms with van der Waals surface area (Å²) in [4.78, 5) is 26.5.